The lowest BCUT2D eigenvalue weighted by molar-refractivity contribution is 0.312. The lowest BCUT2D eigenvalue weighted by Crippen LogP contribution is -2.28. The minimum absolute atomic E-state index is 0.379. The van der Waals surface area contributed by atoms with Crippen LogP contribution in [-0.4, -0.2) is 24.5 Å². The Labute approximate surface area is 156 Å². The quantitative estimate of drug-likeness (QED) is 0.676. The number of fused-ring (bicyclic) bond motifs is 1. The average Bonchev–Trinajstić information content (AvgIpc) is 3.14. The van der Waals surface area contributed by atoms with Crippen LogP contribution in [0.4, 0.5) is 0 Å². The second-order valence-corrected chi connectivity index (χ2v) is 7.57. The molecule has 1 aliphatic heterocycles. The van der Waals surface area contributed by atoms with Gasteiger partial charge in [0.15, 0.2) is 0 Å². The topological polar surface area (TPSA) is 15.3 Å². The van der Waals surface area contributed by atoms with E-state index in [4.69, 9.17) is 0 Å². The smallest absolute Gasteiger partial charge is 0.0298 e. The molecule has 0 aliphatic carbocycles. The zero-order chi connectivity index (χ0) is 17.8. The van der Waals surface area contributed by atoms with Crippen molar-refractivity contribution in [1.29, 1.82) is 0 Å². The maximum atomic E-state index is 3.79. The van der Waals surface area contributed by atoms with E-state index in [-0.39, 0.29) is 0 Å². The summed E-state index contributed by atoms with van der Waals surface area (Å²) in [6.07, 6.45) is 1.29. The fourth-order valence-corrected chi connectivity index (χ4v) is 4.15. The maximum absolute atomic E-state index is 3.79. The Morgan fingerprint density at radius 3 is 2.62 bits per heavy atom. The zero-order valence-corrected chi connectivity index (χ0v) is 15.6. The lowest BCUT2D eigenvalue weighted by atomic mass is 9.99. The Kier molecular flexibility index (Phi) is 5.33. The molecule has 0 unspecified atom stereocenters. The van der Waals surface area contributed by atoms with Gasteiger partial charge in [0.1, 0.15) is 0 Å². The summed E-state index contributed by atoms with van der Waals surface area (Å²) in [6, 6.07) is 26.5. The normalized spacial score (nSPS) is 19.0. The van der Waals surface area contributed by atoms with Crippen LogP contribution in [0.25, 0.3) is 10.8 Å². The predicted molar refractivity (Wildman–Crippen MR) is 110 cm³/mol. The molecule has 3 aromatic rings. The van der Waals surface area contributed by atoms with Gasteiger partial charge in [0.05, 0.1) is 0 Å². The Bertz CT molecular complexity index is 838. The summed E-state index contributed by atoms with van der Waals surface area (Å²) in [7, 11) is 0. The van der Waals surface area contributed by atoms with Crippen molar-refractivity contribution in [2.45, 2.75) is 25.9 Å². The van der Waals surface area contributed by atoms with Crippen molar-refractivity contribution in [2.75, 3.05) is 19.6 Å². The second kappa shape index (κ2) is 8.03. The van der Waals surface area contributed by atoms with Crippen LogP contribution in [0.5, 0.6) is 0 Å². The van der Waals surface area contributed by atoms with E-state index in [1.54, 1.807) is 0 Å². The Balaban J connectivity index is 1.33. The molecule has 4 rings (SSSR count). The molecular weight excluding hydrogens is 316 g/mol. The second-order valence-electron chi connectivity index (χ2n) is 7.57. The van der Waals surface area contributed by atoms with E-state index in [1.165, 1.54) is 41.4 Å². The van der Waals surface area contributed by atoms with E-state index in [1.807, 2.05) is 0 Å². The van der Waals surface area contributed by atoms with Crippen molar-refractivity contribution in [3.05, 3.63) is 83.9 Å². The van der Waals surface area contributed by atoms with Crippen molar-refractivity contribution in [1.82, 2.24) is 10.2 Å². The van der Waals surface area contributed by atoms with Crippen molar-refractivity contribution >= 4 is 10.8 Å². The van der Waals surface area contributed by atoms with Gasteiger partial charge in [-0.1, -0.05) is 72.8 Å². The van der Waals surface area contributed by atoms with Gasteiger partial charge in [0.25, 0.3) is 0 Å². The van der Waals surface area contributed by atoms with Gasteiger partial charge in [-0.3, -0.25) is 4.90 Å². The lowest BCUT2D eigenvalue weighted by Gasteiger charge is -2.20. The molecule has 134 valence electrons. The number of nitrogens with zero attached hydrogens (tertiary/aromatic N) is 1. The monoisotopic (exact) mass is 344 g/mol. The summed E-state index contributed by atoms with van der Waals surface area (Å²) in [5.74, 6) is 0.746. The molecule has 26 heavy (non-hydrogen) atoms. The number of nitrogens with one attached hydrogen (secondary N) is 1. The fourth-order valence-electron chi connectivity index (χ4n) is 4.15. The van der Waals surface area contributed by atoms with Gasteiger partial charge in [0.2, 0.25) is 0 Å². The van der Waals surface area contributed by atoms with Crippen LogP contribution in [0.15, 0.2) is 72.8 Å². The molecule has 0 spiro atoms. The summed E-state index contributed by atoms with van der Waals surface area (Å²) >= 11 is 0. The van der Waals surface area contributed by atoms with Gasteiger partial charge in [0, 0.05) is 19.1 Å². The number of hydrogen-bond donors (Lipinski definition) is 1. The largest absolute Gasteiger partial charge is 0.310 e. The Morgan fingerprint density at radius 1 is 0.962 bits per heavy atom. The standard InChI is InChI=1S/C24H28N2/c1-19(23-13-7-11-22-10-5-6-12-24(22)23)25-16-21-14-15-26(18-21)17-20-8-3-2-4-9-20/h2-13,19,21,25H,14-18H2,1H3/t19-,21-/m1/s1. The molecule has 0 aromatic heterocycles. The minimum Gasteiger partial charge on any atom is -0.310 e. The molecule has 0 radical (unpaired) electrons. The summed E-state index contributed by atoms with van der Waals surface area (Å²) in [6.45, 7) is 6.87. The molecule has 3 aromatic carbocycles. The molecule has 0 amide bonds. The van der Waals surface area contributed by atoms with Crippen LogP contribution < -0.4 is 5.32 Å². The van der Waals surface area contributed by atoms with Crippen LogP contribution in [-0.2, 0) is 6.54 Å². The van der Waals surface area contributed by atoms with Crippen molar-refractivity contribution in [2.24, 2.45) is 5.92 Å². The number of rotatable bonds is 6. The van der Waals surface area contributed by atoms with Crippen LogP contribution in [0.3, 0.4) is 0 Å². The van der Waals surface area contributed by atoms with E-state index >= 15 is 0 Å². The third-order valence-electron chi connectivity index (χ3n) is 5.62. The molecule has 1 heterocycles. The highest BCUT2D eigenvalue weighted by molar-refractivity contribution is 5.86. The first-order valence-corrected chi connectivity index (χ1v) is 9.77. The highest BCUT2D eigenvalue weighted by Gasteiger charge is 2.23. The van der Waals surface area contributed by atoms with Gasteiger partial charge < -0.3 is 5.32 Å². The van der Waals surface area contributed by atoms with Gasteiger partial charge in [-0.05, 0) is 54.3 Å². The van der Waals surface area contributed by atoms with E-state index in [0.717, 1.165) is 19.0 Å². The highest BCUT2D eigenvalue weighted by atomic mass is 15.1. The van der Waals surface area contributed by atoms with E-state index in [0.29, 0.717) is 6.04 Å². The third-order valence-corrected chi connectivity index (χ3v) is 5.62. The molecule has 0 bridgehead atoms. The van der Waals surface area contributed by atoms with Crippen LogP contribution in [0.1, 0.15) is 30.5 Å². The minimum atomic E-state index is 0.379. The van der Waals surface area contributed by atoms with E-state index < -0.39 is 0 Å². The molecular formula is C24H28N2. The van der Waals surface area contributed by atoms with Gasteiger partial charge in [-0.2, -0.15) is 0 Å². The molecule has 1 fully saturated rings. The molecule has 1 N–H and O–H groups in total. The number of benzene rings is 3. The van der Waals surface area contributed by atoms with Gasteiger partial charge in [-0.25, -0.2) is 0 Å². The first kappa shape index (κ1) is 17.3. The number of hydrogen-bond acceptors (Lipinski definition) is 2. The molecule has 1 aliphatic rings. The third kappa shape index (κ3) is 3.98. The van der Waals surface area contributed by atoms with Crippen molar-refractivity contribution in [3.8, 4) is 0 Å². The summed E-state index contributed by atoms with van der Waals surface area (Å²) in [4.78, 5) is 2.59. The fraction of sp³-hybridized carbons (Fsp3) is 0.333. The predicted octanol–water partition coefficient (Wildman–Crippen LogP) is 5.01. The Morgan fingerprint density at radius 2 is 1.73 bits per heavy atom. The van der Waals surface area contributed by atoms with Gasteiger partial charge in [-0.15, -0.1) is 0 Å². The van der Waals surface area contributed by atoms with Crippen LogP contribution in [0.2, 0.25) is 0 Å². The maximum Gasteiger partial charge on any atom is 0.0298 e. The first-order valence-electron chi connectivity index (χ1n) is 9.77. The highest BCUT2D eigenvalue weighted by Crippen LogP contribution is 2.25. The summed E-state index contributed by atoms with van der Waals surface area (Å²) < 4.78 is 0. The van der Waals surface area contributed by atoms with Crippen molar-refractivity contribution in [3.63, 3.8) is 0 Å². The van der Waals surface area contributed by atoms with Gasteiger partial charge >= 0.3 is 0 Å². The molecule has 0 saturated carbocycles. The molecule has 2 atom stereocenters. The first-order chi connectivity index (χ1) is 12.8. The summed E-state index contributed by atoms with van der Waals surface area (Å²) in [5.41, 5.74) is 2.83. The van der Waals surface area contributed by atoms with Crippen LogP contribution >= 0.6 is 0 Å². The molecule has 2 heteroatoms. The van der Waals surface area contributed by atoms with E-state index in [2.05, 4.69) is 89.9 Å². The SMILES string of the molecule is C[C@@H](NC[C@H]1CCN(Cc2ccccc2)C1)c1cccc2ccccc12. The van der Waals surface area contributed by atoms with Crippen LogP contribution in [0, 0.1) is 5.92 Å². The Hall–Kier alpha value is -2.16. The zero-order valence-electron chi connectivity index (χ0n) is 15.6. The molecule has 1 saturated heterocycles. The van der Waals surface area contributed by atoms with Crippen molar-refractivity contribution < 1.29 is 0 Å². The number of likely N-dealkylation sites (tertiary alicyclic amines) is 1. The molecule has 2 nitrogen and oxygen atoms in total. The van der Waals surface area contributed by atoms with E-state index in [9.17, 15) is 0 Å². The summed E-state index contributed by atoms with van der Waals surface area (Å²) in [5, 5.41) is 6.49. The average molecular weight is 345 g/mol.